The van der Waals surface area contributed by atoms with Crippen molar-refractivity contribution < 1.29 is 4.79 Å². The fourth-order valence-electron chi connectivity index (χ4n) is 1.92. The molecule has 0 spiro atoms. The minimum Gasteiger partial charge on any atom is -0.320 e. The number of amides is 1. The van der Waals surface area contributed by atoms with E-state index in [-0.39, 0.29) is 5.91 Å². The van der Waals surface area contributed by atoms with Gasteiger partial charge in [0.2, 0.25) is 0 Å². The molecule has 0 unspecified atom stereocenters. The Balaban J connectivity index is 1.95. The molecule has 5 nitrogen and oxygen atoms in total. The van der Waals surface area contributed by atoms with Gasteiger partial charge in [0.05, 0.1) is 10.9 Å². The van der Waals surface area contributed by atoms with Gasteiger partial charge in [-0.1, -0.05) is 18.2 Å². The van der Waals surface area contributed by atoms with Gasteiger partial charge >= 0.3 is 0 Å². The van der Waals surface area contributed by atoms with Crippen LogP contribution < -0.4 is 5.32 Å². The smallest absolute Gasteiger partial charge is 0.276 e. The summed E-state index contributed by atoms with van der Waals surface area (Å²) in [6.07, 6.45) is 3.29. The number of anilines is 1. The first-order valence-electron chi connectivity index (χ1n) is 5.91. The van der Waals surface area contributed by atoms with Crippen molar-refractivity contribution in [2.24, 2.45) is 0 Å². The van der Waals surface area contributed by atoms with Crippen molar-refractivity contribution in [1.82, 2.24) is 15.2 Å². The van der Waals surface area contributed by atoms with E-state index in [9.17, 15) is 4.79 Å². The molecular weight excluding hydrogens is 240 g/mol. The molecule has 0 atom stereocenters. The van der Waals surface area contributed by atoms with E-state index in [1.54, 1.807) is 18.5 Å². The molecule has 0 fully saturated rings. The number of rotatable bonds is 2. The second kappa shape index (κ2) is 4.53. The molecule has 0 radical (unpaired) electrons. The maximum Gasteiger partial charge on any atom is 0.276 e. The number of aromatic amines is 1. The molecule has 0 bridgehead atoms. The number of aryl methyl sites for hydroxylation is 1. The van der Waals surface area contributed by atoms with Crippen LogP contribution in [0.2, 0.25) is 0 Å². The standard InChI is InChI=1S/C14H12N4O/c1-9-4-2-3-5-11(9)16-14(19)13-10-8-15-7-6-12(10)17-18-13/h2-8H,1H3,(H,16,19)(H,17,18). The zero-order chi connectivity index (χ0) is 13.2. The van der Waals surface area contributed by atoms with E-state index in [4.69, 9.17) is 0 Å². The third-order valence-corrected chi connectivity index (χ3v) is 2.97. The summed E-state index contributed by atoms with van der Waals surface area (Å²) < 4.78 is 0. The zero-order valence-corrected chi connectivity index (χ0v) is 10.3. The fraction of sp³-hybridized carbons (Fsp3) is 0.0714. The fourth-order valence-corrected chi connectivity index (χ4v) is 1.92. The average molecular weight is 252 g/mol. The molecule has 2 aromatic heterocycles. The van der Waals surface area contributed by atoms with Crippen LogP contribution >= 0.6 is 0 Å². The number of carbonyl (C=O) groups is 1. The maximum absolute atomic E-state index is 12.2. The van der Waals surface area contributed by atoms with Crippen LogP contribution in [-0.4, -0.2) is 21.1 Å². The van der Waals surface area contributed by atoms with Crippen molar-refractivity contribution in [3.63, 3.8) is 0 Å². The van der Waals surface area contributed by atoms with Gasteiger partial charge in [0.25, 0.3) is 5.91 Å². The topological polar surface area (TPSA) is 70.7 Å². The Bertz CT molecular complexity index is 748. The molecule has 0 aliphatic carbocycles. The number of aromatic nitrogens is 3. The number of nitrogens with one attached hydrogen (secondary N) is 2. The van der Waals surface area contributed by atoms with Crippen LogP contribution in [0.15, 0.2) is 42.7 Å². The summed E-state index contributed by atoms with van der Waals surface area (Å²) in [6, 6.07) is 9.40. The highest BCUT2D eigenvalue weighted by Crippen LogP contribution is 2.18. The highest BCUT2D eigenvalue weighted by Gasteiger charge is 2.14. The Morgan fingerprint density at radius 1 is 1.26 bits per heavy atom. The van der Waals surface area contributed by atoms with E-state index >= 15 is 0 Å². The first-order valence-corrected chi connectivity index (χ1v) is 5.91. The zero-order valence-electron chi connectivity index (χ0n) is 10.3. The number of hydrogen-bond acceptors (Lipinski definition) is 3. The van der Waals surface area contributed by atoms with Crippen molar-refractivity contribution in [3.05, 3.63) is 54.0 Å². The molecule has 0 saturated carbocycles. The van der Waals surface area contributed by atoms with Crippen LogP contribution in [0.25, 0.3) is 10.9 Å². The van der Waals surface area contributed by atoms with Crippen molar-refractivity contribution in [2.45, 2.75) is 6.92 Å². The number of fused-ring (bicyclic) bond motifs is 1. The molecule has 1 amide bonds. The van der Waals surface area contributed by atoms with E-state index in [0.717, 1.165) is 16.8 Å². The van der Waals surface area contributed by atoms with Crippen molar-refractivity contribution in [1.29, 1.82) is 0 Å². The molecule has 2 N–H and O–H groups in total. The number of nitrogens with zero attached hydrogens (tertiary/aromatic N) is 2. The SMILES string of the molecule is Cc1ccccc1NC(=O)c1n[nH]c2ccncc12. The lowest BCUT2D eigenvalue weighted by atomic mass is 10.2. The predicted molar refractivity (Wildman–Crippen MR) is 73.0 cm³/mol. The van der Waals surface area contributed by atoms with Gasteiger partial charge in [-0.3, -0.25) is 14.9 Å². The minimum atomic E-state index is -0.242. The molecule has 2 heterocycles. The summed E-state index contributed by atoms with van der Waals surface area (Å²) in [5.41, 5.74) is 2.94. The molecule has 5 heteroatoms. The second-order valence-electron chi connectivity index (χ2n) is 4.26. The molecule has 3 rings (SSSR count). The summed E-state index contributed by atoms with van der Waals surface area (Å²) in [7, 11) is 0. The lowest BCUT2D eigenvalue weighted by molar-refractivity contribution is 0.102. The van der Waals surface area contributed by atoms with Crippen LogP contribution in [-0.2, 0) is 0 Å². The van der Waals surface area contributed by atoms with Gasteiger partial charge in [0.15, 0.2) is 5.69 Å². The van der Waals surface area contributed by atoms with Crippen molar-refractivity contribution in [3.8, 4) is 0 Å². The van der Waals surface area contributed by atoms with Gasteiger partial charge < -0.3 is 5.32 Å². The molecule has 94 valence electrons. The number of H-pyrrole nitrogens is 1. The normalized spacial score (nSPS) is 10.6. The number of pyridine rings is 1. The van der Waals surface area contributed by atoms with E-state index < -0.39 is 0 Å². The predicted octanol–water partition coefficient (Wildman–Crippen LogP) is 2.52. The minimum absolute atomic E-state index is 0.242. The highest BCUT2D eigenvalue weighted by molar-refractivity contribution is 6.11. The summed E-state index contributed by atoms with van der Waals surface area (Å²) >= 11 is 0. The Morgan fingerprint density at radius 3 is 2.95 bits per heavy atom. The lowest BCUT2D eigenvalue weighted by Crippen LogP contribution is -2.13. The Morgan fingerprint density at radius 2 is 2.11 bits per heavy atom. The Hall–Kier alpha value is -2.69. The van der Waals surface area contributed by atoms with Crippen LogP contribution in [0.4, 0.5) is 5.69 Å². The summed E-state index contributed by atoms with van der Waals surface area (Å²) in [5, 5.41) is 10.4. The number of benzene rings is 1. The third kappa shape index (κ3) is 2.06. The van der Waals surface area contributed by atoms with Crippen molar-refractivity contribution in [2.75, 3.05) is 5.32 Å². The highest BCUT2D eigenvalue weighted by atomic mass is 16.1. The van der Waals surface area contributed by atoms with Gasteiger partial charge in [0.1, 0.15) is 0 Å². The van der Waals surface area contributed by atoms with Gasteiger partial charge in [-0.15, -0.1) is 0 Å². The molecule has 19 heavy (non-hydrogen) atoms. The van der Waals surface area contributed by atoms with Crippen LogP contribution in [0.5, 0.6) is 0 Å². The van der Waals surface area contributed by atoms with Gasteiger partial charge in [-0.25, -0.2) is 0 Å². The third-order valence-electron chi connectivity index (χ3n) is 2.97. The molecule has 0 aliphatic rings. The molecular formula is C14H12N4O. The van der Waals surface area contributed by atoms with Gasteiger partial charge in [-0.05, 0) is 24.6 Å². The van der Waals surface area contributed by atoms with E-state index in [0.29, 0.717) is 11.1 Å². The van der Waals surface area contributed by atoms with E-state index in [2.05, 4.69) is 20.5 Å². The van der Waals surface area contributed by atoms with E-state index in [1.807, 2.05) is 31.2 Å². The summed E-state index contributed by atoms with van der Waals surface area (Å²) in [4.78, 5) is 16.2. The summed E-state index contributed by atoms with van der Waals surface area (Å²) in [6.45, 7) is 1.94. The monoisotopic (exact) mass is 252 g/mol. The maximum atomic E-state index is 12.2. The first-order chi connectivity index (χ1) is 9.25. The number of para-hydroxylation sites is 1. The first kappa shape index (κ1) is 11.4. The lowest BCUT2D eigenvalue weighted by Gasteiger charge is -2.06. The number of carbonyl (C=O) groups excluding carboxylic acids is 1. The Kier molecular flexibility index (Phi) is 2.72. The van der Waals surface area contributed by atoms with Crippen LogP contribution in [0, 0.1) is 6.92 Å². The molecule has 0 aliphatic heterocycles. The quantitative estimate of drug-likeness (QED) is 0.736. The van der Waals surface area contributed by atoms with Crippen molar-refractivity contribution >= 4 is 22.5 Å². The number of hydrogen-bond donors (Lipinski definition) is 2. The average Bonchev–Trinajstić information content (AvgIpc) is 2.85. The van der Waals surface area contributed by atoms with Gasteiger partial charge in [0, 0.05) is 18.1 Å². The summed E-state index contributed by atoms with van der Waals surface area (Å²) in [5.74, 6) is -0.242. The molecule has 1 aromatic carbocycles. The van der Waals surface area contributed by atoms with Gasteiger partial charge in [-0.2, -0.15) is 5.10 Å². The largest absolute Gasteiger partial charge is 0.320 e. The van der Waals surface area contributed by atoms with E-state index in [1.165, 1.54) is 0 Å². The Labute approximate surface area is 109 Å². The van der Waals surface area contributed by atoms with Crippen LogP contribution in [0.1, 0.15) is 16.1 Å². The molecule has 3 aromatic rings. The second-order valence-corrected chi connectivity index (χ2v) is 4.26. The van der Waals surface area contributed by atoms with Crippen LogP contribution in [0.3, 0.4) is 0 Å². The molecule has 0 saturated heterocycles.